The molecule has 4 heteroatoms. The number of rotatable bonds is 9. The van der Waals surface area contributed by atoms with Crippen LogP contribution in [0.1, 0.15) is 0 Å². The van der Waals surface area contributed by atoms with Gasteiger partial charge in [-0.25, -0.2) is 0 Å². The van der Waals surface area contributed by atoms with Crippen LogP contribution in [0.2, 0.25) is 0 Å². The highest BCUT2D eigenvalue weighted by atomic mass is 16.3. The molecule has 0 aliphatic rings. The van der Waals surface area contributed by atoms with E-state index in [-0.39, 0.29) is 0 Å². The van der Waals surface area contributed by atoms with Crippen molar-refractivity contribution in [3.8, 4) is 33.8 Å². The number of nitrogens with zero attached hydrogens (tertiary/aromatic N) is 2. The second-order valence-corrected chi connectivity index (χ2v) is 13.8. The molecule has 0 radical (unpaired) electrons. The molecule has 0 atom stereocenters. The molecule has 4 nitrogen and oxygen atoms in total. The Kier molecular flexibility index (Phi) is 8.47. The number of para-hydroxylation sites is 4. The van der Waals surface area contributed by atoms with E-state index >= 15 is 0 Å². The molecule has 0 N–H and O–H groups in total. The Morgan fingerprint density at radius 1 is 0.250 bits per heavy atom. The van der Waals surface area contributed by atoms with Crippen molar-refractivity contribution in [3.05, 3.63) is 218 Å². The van der Waals surface area contributed by atoms with Crippen LogP contribution < -0.4 is 9.80 Å². The summed E-state index contributed by atoms with van der Waals surface area (Å²) in [5.74, 6) is 1.73. The Labute approximate surface area is 325 Å². The number of anilines is 6. The third kappa shape index (κ3) is 6.40. The molecular weight excluding hydrogens is 685 g/mol. The summed E-state index contributed by atoms with van der Waals surface area (Å²) in [7, 11) is 0. The molecule has 0 aliphatic carbocycles. The fourth-order valence-electron chi connectivity index (χ4n) is 7.45. The first kappa shape index (κ1) is 33.0. The van der Waals surface area contributed by atoms with Gasteiger partial charge in [-0.1, -0.05) is 97.1 Å². The summed E-state index contributed by atoms with van der Waals surface area (Å²) in [6.45, 7) is 0. The van der Waals surface area contributed by atoms with Gasteiger partial charge < -0.3 is 18.6 Å². The lowest BCUT2D eigenvalue weighted by Crippen LogP contribution is -2.10. The Morgan fingerprint density at radius 3 is 0.875 bits per heavy atom. The van der Waals surface area contributed by atoms with Crippen LogP contribution in [-0.2, 0) is 0 Å². The van der Waals surface area contributed by atoms with Crippen LogP contribution >= 0.6 is 0 Å². The Hall–Kier alpha value is -7.56. The van der Waals surface area contributed by atoms with E-state index < -0.39 is 0 Å². The number of fused-ring (bicyclic) bond motifs is 2. The van der Waals surface area contributed by atoms with Crippen LogP contribution in [0.4, 0.5) is 34.1 Å². The normalized spacial score (nSPS) is 11.2. The number of hydrogen-bond acceptors (Lipinski definition) is 4. The topological polar surface area (TPSA) is 32.8 Å². The molecular formula is C52H36N2O2. The molecule has 10 rings (SSSR count). The monoisotopic (exact) mass is 720 g/mol. The predicted octanol–water partition coefficient (Wildman–Crippen LogP) is 15.1. The van der Waals surface area contributed by atoms with Crippen LogP contribution in [-0.4, -0.2) is 0 Å². The quantitative estimate of drug-likeness (QED) is 0.149. The van der Waals surface area contributed by atoms with Crippen molar-refractivity contribution in [2.75, 3.05) is 9.80 Å². The van der Waals surface area contributed by atoms with E-state index in [0.29, 0.717) is 0 Å². The number of hydrogen-bond donors (Lipinski definition) is 0. The predicted molar refractivity (Wildman–Crippen MR) is 232 cm³/mol. The number of furan rings is 2. The van der Waals surface area contributed by atoms with Crippen molar-refractivity contribution < 1.29 is 8.83 Å². The van der Waals surface area contributed by atoms with Gasteiger partial charge in [-0.2, -0.15) is 0 Å². The second-order valence-electron chi connectivity index (χ2n) is 13.8. The fourth-order valence-corrected chi connectivity index (χ4v) is 7.45. The second kappa shape index (κ2) is 14.3. The Morgan fingerprint density at radius 2 is 0.536 bits per heavy atom. The van der Waals surface area contributed by atoms with Gasteiger partial charge in [0.1, 0.15) is 22.7 Å². The van der Waals surface area contributed by atoms with Crippen molar-refractivity contribution >= 4 is 56.1 Å². The molecule has 0 amide bonds. The van der Waals surface area contributed by atoms with Crippen LogP contribution in [0.25, 0.3) is 55.7 Å². The standard InChI is InChI=1S/C52H36N2O2/c1-3-13-43(14-4-1)53(47-31-23-39(24-32-47)51-35-41-11-7-9-17-49(41)55-51)45-27-19-37(20-28-45)38-21-29-46(30-22-38)54(44-15-5-2-6-16-44)48-33-25-40(26-34-48)52-36-42-12-8-10-18-50(42)56-52/h1-36H. The lowest BCUT2D eigenvalue weighted by atomic mass is 10.0. The molecule has 56 heavy (non-hydrogen) atoms. The van der Waals surface area contributed by atoms with Crippen molar-refractivity contribution in [1.29, 1.82) is 0 Å². The largest absolute Gasteiger partial charge is 0.456 e. The minimum Gasteiger partial charge on any atom is -0.456 e. The summed E-state index contributed by atoms with van der Waals surface area (Å²) >= 11 is 0. The molecule has 8 aromatic carbocycles. The van der Waals surface area contributed by atoms with Gasteiger partial charge in [0, 0.05) is 56.0 Å². The van der Waals surface area contributed by atoms with Crippen molar-refractivity contribution in [2.45, 2.75) is 0 Å². The van der Waals surface area contributed by atoms with E-state index in [1.54, 1.807) is 0 Å². The lowest BCUT2D eigenvalue weighted by Gasteiger charge is -2.26. The van der Waals surface area contributed by atoms with Crippen molar-refractivity contribution in [1.82, 2.24) is 0 Å². The zero-order chi connectivity index (χ0) is 37.3. The van der Waals surface area contributed by atoms with E-state index in [4.69, 9.17) is 8.83 Å². The molecule has 0 saturated carbocycles. The summed E-state index contributed by atoms with van der Waals surface area (Å²) < 4.78 is 12.3. The van der Waals surface area contributed by atoms with Gasteiger partial charge in [0.2, 0.25) is 0 Å². The van der Waals surface area contributed by atoms with Crippen molar-refractivity contribution in [2.24, 2.45) is 0 Å². The van der Waals surface area contributed by atoms with Crippen LogP contribution in [0.5, 0.6) is 0 Å². The zero-order valence-electron chi connectivity index (χ0n) is 30.5. The van der Waals surface area contributed by atoms with Crippen LogP contribution in [0.3, 0.4) is 0 Å². The van der Waals surface area contributed by atoms with E-state index in [9.17, 15) is 0 Å². The minimum atomic E-state index is 0.864. The summed E-state index contributed by atoms with van der Waals surface area (Å²) in [5, 5.41) is 2.21. The molecule has 2 aromatic heterocycles. The summed E-state index contributed by atoms with van der Waals surface area (Å²) in [6, 6.07) is 76.2. The highest BCUT2D eigenvalue weighted by molar-refractivity contribution is 5.86. The molecule has 0 spiro atoms. The molecule has 0 bridgehead atoms. The molecule has 0 saturated heterocycles. The van der Waals surface area contributed by atoms with Gasteiger partial charge in [-0.3, -0.25) is 0 Å². The summed E-state index contributed by atoms with van der Waals surface area (Å²) in [4.78, 5) is 4.57. The number of benzene rings is 8. The Balaban J connectivity index is 0.925. The van der Waals surface area contributed by atoms with E-state index in [1.165, 1.54) is 0 Å². The van der Waals surface area contributed by atoms with E-state index in [2.05, 4.69) is 192 Å². The third-order valence-corrected chi connectivity index (χ3v) is 10.3. The molecule has 0 aliphatic heterocycles. The summed E-state index contributed by atoms with van der Waals surface area (Å²) in [6.07, 6.45) is 0. The highest BCUT2D eigenvalue weighted by Gasteiger charge is 2.16. The first-order valence-electron chi connectivity index (χ1n) is 18.8. The first-order valence-corrected chi connectivity index (χ1v) is 18.8. The maximum atomic E-state index is 6.15. The maximum Gasteiger partial charge on any atom is 0.135 e. The minimum absolute atomic E-state index is 0.864. The first-order chi connectivity index (χ1) is 27.7. The van der Waals surface area contributed by atoms with Gasteiger partial charge in [-0.15, -0.1) is 0 Å². The average molecular weight is 721 g/mol. The van der Waals surface area contributed by atoms with Gasteiger partial charge >= 0.3 is 0 Å². The van der Waals surface area contributed by atoms with Gasteiger partial charge in [0.15, 0.2) is 0 Å². The molecule has 0 fully saturated rings. The van der Waals surface area contributed by atoms with Gasteiger partial charge in [-0.05, 0) is 132 Å². The highest BCUT2D eigenvalue weighted by Crippen LogP contribution is 2.40. The third-order valence-electron chi connectivity index (χ3n) is 10.3. The summed E-state index contributed by atoms with van der Waals surface area (Å²) in [5.41, 5.74) is 12.6. The average Bonchev–Trinajstić information content (AvgIpc) is 3.91. The maximum absolute atomic E-state index is 6.15. The fraction of sp³-hybridized carbons (Fsp3) is 0. The van der Waals surface area contributed by atoms with Gasteiger partial charge in [0.05, 0.1) is 0 Å². The molecule has 10 aromatic rings. The smallest absolute Gasteiger partial charge is 0.135 e. The SMILES string of the molecule is c1ccc(N(c2ccc(-c3ccc(N(c4ccccc4)c4ccc(-c5cc6ccccc6o5)cc4)cc3)cc2)c2ccc(-c3cc4ccccc4o3)cc2)cc1. The van der Waals surface area contributed by atoms with Crippen molar-refractivity contribution in [3.63, 3.8) is 0 Å². The van der Waals surface area contributed by atoms with E-state index in [0.717, 1.165) is 89.8 Å². The van der Waals surface area contributed by atoms with Gasteiger partial charge in [0.25, 0.3) is 0 Å². The molecule has 2 heterocycles. The Bertz CT molecular complexity index is 2610. The molecule has 0 unspecified atom stereocenters. The van der Waals surface area contributed by atoms with Crippen LogP contribution in [0.15, 0.2) is 227 Å². The van der Waals surface area contributed by atoms with Crippen LogP contribution in [0, 0.1) is 0 Å². The lowest BCUT2D eigenvalue weighted by molar-refractivity contribution is 0.631. The zero-order valence-corrected chi connectivity index (χ0v) is 30.5. The molecule has 266 valence electrons. The van der Waals surface area contributed by atoms with E-state index in [1.807, 2.05) is 36.4 Å².